The number of imidazole rings is 1. The quantitative estimate of drug-likeness (QED) is 0.229. The highest BCUT2D eigenvalue weighted by molar-refractivity contribution is 5.98. The Morgan fingerprint density at radius 3 is 2.71 bits per heavy atom. The summed E-state index contributed by atoms with van der Waals surface area (Å²) in [5.74, 6) is 0.292. The van der Waals surface area contributed by atoms with E-state index in [1.54, 1.807) is 30.7 Å². The molecule has 0 saturated carbocycles. The summed E-state index contributed by atoms with van der Waals surface area (Å²) in [6.07, 6.45) is 7.34. The third kappa shape index (κ3) is 4.50. The number of benzene rings is 2. The van der Waals surface area contributed by atoms with Crippen LogP contribution in [0.25, 0.3) is 55.8 Å². The molecular weight excluding hydrogens is 481 g/mol. The summed E-state index contributed by atoms with van der Waals surface area (Å²) >= 11 is 0. The number of aromatic amines is 2. The largest absolute Gasteiger partial charge is 0.337 e. The molecule has 2 aromatic carbocycles. The fraction of sp³-hybridized carbons (Fsp3) is 0.138. The smallest absolute Gasteiger partial charge is 0.224 e. The molecule has 0 bridgehead atoms. The highest BCUT2D eigenvalue weighted by Gasteiger charge is 2.16. The van der Waals surface area contributed by atoms with Gasteiger partial charge >= 0.3 is 0 Å². The van der Waals surface area contributed by atoms with Gasteiger partial charge in [0.1, 0.15) is 11.5 Å². The van der Waals surface area contributed by atoms with Crippen LogP contribution in [-0.2, 0) is 4.79 Å². The van der Waals surface area contributed by atoms with Gasteiger partial charge in [0.05, 0.1) is 40.3 Å². The molecule has 6 aromatic rings. The highest BCUT2D eigenvalue weighted by Crippen LogP contribution is 2.32. The van der Waals surface area contributed by atoms with Crippen LogP contribution in [0.3, 0.4) is 0 Å². The second-order valence-corrected chi connectivity index (χ2v) is 9.10. The molecule has 6 rings (SSSR count). The van der Waals surface area contributed by atoms with E-state index in [0.29, 0.717) is 29.3 Å². The summed E-state index contributed by atoms with van der Waals surface area (Å²) in [7, 11) is 0. The van der Waals surface area contributed by atoms with Gasteiger partial charge in [-0.1, -0.05) is 37.6 Å². The van der Waals surface area contributed by atoms with Gasteiger partial charge in [0, 0.05) is 29.1 Å². The topological polar surface area (TPSA) is 112 Å². The maximum absolute atomic E-state index is 13.5. The molecule has 1 amide bonds. The standard InChI is InChI=1S/C29H24FN7O/c1-2-3-7-26(38)33-20-12-18(14-31-15-20)24-13-22-25(16-32-24)36-37-28(22)29-34-23-6-4-5-21(27(23)35-29)17-8-10-19(30)11-9-17/h4-6,8-16H,2-3,7H2,1H3,(H,33,38)(H,34,35)(H,36,37). The lowest BCUT2D eigenvalue weighted by molar-refractivity contribution is -0.116. The van der Waals surface area contributed by atoms with Gasteiger partial charge in [-0.2, -0.15) is 5.10 Å². The predicted molar refractivity (Wildman–Crippen MR) is 146 cm³/mol. The Labute approximate surface area is 217 Å². The summed E-state index contributed by atoms with van der Waals surface area (Å²) in [6.45, 7) is 2.05. The van der Waals surface area contributed by atoms with Crippen molar-refractivity contribution in [3.8, 4) is 33.9 Å². The Balaban J connectivity index is 1.37. The van der Waals surface area contributed by atoms with Gasteiger partial charge in [-0.15, -0.1) is 0 Å². The van der Waals surface area contributed by atoms with Crippen molar-refractivity contribution in [1.29, 1.82) is 0 Å². The molecule has 0 saturated heterocycles. The second kappa shape index (κ2) is 9.85. The van der Waals surface area contributed by atoms with Crippen molar-refractivity contribution in [2.75, 3.05) is 5.32 Å². The number of aromatic nitrogens is 6. The van der Waals surface area contributed by atoms with E-state index in [4.69, 9.17) is 4.98 Å². The number of halogens is 1. The van der Waals surface area contributed by atoms with Gasteiger partial charge in [0.2, 0.25) is 5.91 Å². The minimum Gasteiger partial charge on any atom is -0.337 e. The zero-order valence-corrected chi connectivity index (χ0v) is 20.6. The highest BCUT2D eigenvalue weighted by atomic mass is 19.1. The summed E-state index contributed by atoms with van der Waals surface area (Å²) in [5.41, 5.74) is 6.92. The van der Waals surface area contributed by atoms with E-state index in [-0.39, 0.29) is 11.7 Å². The van der Waals surface area contributed by atoms with Gasteiger partial charge in [0.15, 0.2) is 5.82 Å². The molecule has 4 aromatic heterocycles. The number of unbranched alkanes of at least 4 members (excludes halogenated alkanes) is 1. The normalized spacial score (nSPS) is 11.3. The van der Waals surface area contributed by atoms with Crippen LogP contribution >= 0.6 is 0 Å². The molecule has 3 N–H and O–H groups in total. The summed E-state index contributed by atoms with van der Waals surface area (Å²) in [5, 5.41) is 11.3. The van der Waals surface area contributed by atoms with E-state index in [2.05, 4.69) is 37.4 Å². The molecule has 0 unspecified atom stereocenters. The molecular formula is C29H24FN7O. The molecule has 0 aliphatic rings. The predicted octanol–water partition coefficient (Wildman–Crippen LogP) is 6.50. The molecule has 0 aliphatic carbocycles. The molecule has 0 fully saturated rings. The first-order valence-electron chi connectivity index (χ1n) is 12.4. The maximum atomic E-state index is 13.5. The number of para-hydroxylation sites is 1. The zero-order chi connectivity index (χ0) is 26.1. The third-order valence-electron chi connectivity index (χ3n) is 6.41. The Kier molecular flexibility index (Phi) is 6.09. The lowest BCUT2D eigenvalue weighted by atomic mass is 10.0. The number of amides is 1. The Morgan fingerprint density at radius 2 is 1.87 bits per heavy atom. The van der Waals surface area contributed by atoms with Crippen molar-refractivity contribution in [3.05, 3.63) is 79.0 Å². The molecule has 38 heavy (non-hydrogen) atoms. The Hall–Kier alpha value is -4.92. The molecule has 9 heteroatoms. The van der Waals surface area contributed by atoms with Crippen molar-refractivity contribution in [2.45, 2.75) is 26.2 Å². The van der Waals surface area contributed by atoms with E-state index in [1.165, 1.54) is 12.1 Å². The van der Waals surface area contributed by atoms with Crippen LogP contribution in [0.15, 0.2) is 73.2 Å². The minimum atomic E-state index is -0.282. The molecule has 4 heterocycles. The summed E-state index contributed by atoms with van der Waals surface area (Å²) < 4.78 is 13.5. The molecule has 0 atom stereocenters. The number of nitrogens with zero attached hydrogens (tertiary/aromatic N) is 4. The molecule has 8 nitrogen and oxygen atoms in total. The molecule has 0 radical (unpaired) electrons. The Bertz CT molecular complexity index is 1770. The Morgan fingerprint density at radius 1 is 1.00 bits per heavy atom. The first-order chi connectivity index (χ1) is 18.6. The third-order valence-corrected chi connectivity index (χ3v) is 6.41. The van der Waals surface area contributed by atoms with Crippen LogP contribution < -0.4 is 5.32 Å². The van der Waals surface area contributed by atoms with E-state index in [0.717, 1.165) is 51.5 Å². The first kappa shape index (κ1) is 23.5. The fourth-order valence-electron chi connectivity index (χ4n) is 4.47. The van der Waals surface area contributed by atoms with Crippen LogP contribution in [0.4, 0.5) is 10.1 Å². The van der Waals surface area contributed by atoms with Crippen molar-refractivity contribution >= 4 is 33.5 Å². The lowest BCUT2D eigenvalue weighted by Gasteiger charge is -2.07. The number of fused-ring (bicyclic) bond motifs is 2. The zero-order valence-electron chi connectivity index (χ0n) is 20.6. The number of H-pyrrole nitrogens is 2. The van der Waals surface area contributed by atoms with Crippen LogP contribution in [0, 0.1) is 5.82 Å². The van der Waals surface area contributed by atoms with Crippen molar-refractivity contribution in [3.63, 3.8) is 0 Å². The summed E-state index contributed by atoms with van der Waals surface area (Å²) in [6, 6.07) is 16.0. The average Bonchev–Trinajstić information content (AvgIpc) is 3.56. The average molecular weight is 506 g/mol. The van der Waals surface area contributed by atoms with E-state index in [1.807, 2.05) is 30.3 Å². The number of anilines is 1. The number of carbonyl (C=O) groups is 1. The van der Waals surface area contributed by atoms with Crippen LogP contribution in [-0.4, -0.2) is 36.0 Å². The number of hydrogen-bond donors (Lipinski definition) is 3. The molecule has 0 aliphatic heterocycles. The van der Waals surface area contributed by atoms with Crippen molar-refractivity contribution in [1.82, 2.24) is 30.1 Å². The van der Waals surface area contributed by atoms with Gasteiger partial charge < -0.3 is 10.3 Å². The van der Waals surface area contributed by atoms with Gasteiger partial charge in [-0.25, -0.2) is 9.37 Å². The monoisotopic (exact) mass is 505 g/mol. The van der Waals surface area contributed by atoms with Crippen LogP contribution in [0.1, 0.15) is 26.2 Å². The van der Waals surface area contributed by atoms with Crippen molar-refractivity contribution < 1.29 is 9.18 Å². The number of rotatable bonds is 7. The number of pyridine rings is 2. The number of hydrogen-bond acceptors (Lipinski definition) is 5. The minimum absolute atomic E-state index is 0.0313. The van der Waals surface area contributed by atoms with Crippen molar-refractivity contribution in [2.24, 2.45) is 0 Å². The number of carbonyl (C=O) groups excluding carboxylic acids is 1. The van der Waals surface area contributed by atoms with Gasteiger partial charge in [-0.3, -0.25) is 19.9 Å². The lowest BCUT2D eigenvalue weighted by Crippen LogP contribution is -2.11. The first-order valence-corrected chi connectivity index (χ1v) is 12.4. The number of nitrogens with one attached hydrogen (secondary N) is 3. The van der Waals surface area contributed by atoms with Gasteiger partial charge in [0.25, 0.3) is 0 Å². The van der Waals surface area contributed by atoms with E-state index < -0.39 is 0 Å². The van der Waals surface area contributed by atoms with Gasteiger partial charge in [-0.05, 0) is 42.3 Å². The molecule has 0 spiro atoms. The maximum Gasteiger partial charge on any atom is 0.224 e. The summed E-state index contributed by atoms with van der Waals surface area (Å²) in [4.78, 5) is 29.3. The van der Waals surface area contributed by atoms with E-state index >= 15 is 0 Å². The SMILES string of the molecule is CCCCC(=O)Nc1cncc(-c2cc3c(-c4nc5c(-c6ccc(F)cc6)cccc5[nH]4)n[nH]c3cn2)c1. The van der Waals surface area contributed by atoms with Crippen LogP contribution in [0.2, 0.25) is 0 Å². The fourth-order valence-corrected chi connectivity index (χ4v) is 4.47. The second-order valence-electron chi connectivity index (χ2n) is 9.10. The van der Waals surface area contributed by atoms with E-state index in [9.17, 15) is 9.18 Å². The molecule has 188 valence electrons. The van der Waals surface area contributed by atoms with Crippen LogP contribution in [0.5, 0.6) is 0 Å².